The van der Waals surface area contributed by atoms with Crippen molar-refractivity contribution in [1.82, 2.24) is 10.2 Å². The van der Waals surface area contributed by atoms with Crippen LogP contribution in [0.3, 0.4) is 0 Å². The molecular formula is C19H28N2O8. The molecule has 162 valence electrons. The minimum atomic E-state index is -1.89. The summed E-state index contributed by atoms with van der Waals surface area (Å²) >= 11 is 0. The van der Waals surface area contributed by atoms with Gasteiger partial charge in [-0.05, 0) is 39.8 Å². The normalized spacial score (nSPS) is 13.1. The molecule has 1 rings (SSSR count). The van der Waals surface area contributed by atoms with Crippen LogP contribution >= 0.6 is 0 Å². The van der Waals surface area contributed by atoms with E-state index in [1.807, 2.05) is 0 Å². The number of aliphatic carboxylic acids is 1. The zero-order valence-electron chi connectivity index (χ0n) is 17.7. The van der Waals surface area contributed by atoms with E-state index < -0.39 is 29.3 Å². The molecule has 0 aromatic heterocycles. The fourth-order valence-electron chi connectivity index (χ4n) is 2.16. The van der Waals surface area contributed by atoms with Crippen molar-refractivity contribution in [3.63, 3.8) is 0 Å². The number of nitrogens with zero attached hydrogens (tertiary/aromatic N) is 1. The van der Waals surface area contributed by atoms with E-state index in [0.717, 1.165) is 0 Å². The number of carboxylic acids is 1. The second-order valence-electron chi connectivity index (χ2n) is 7.53. The van der Waals surface area contributed by atoms with Gasteiger partial charge in [0.15, 0.2) is 12.3 Å². The lowest BCUT2D eigenvalue weighted by Gasteiger charge is -2.30. The molecule has 29 heavy (non-hydrogen) atoms. The zero-order chi connectivity index (χ0) is 22.4. The fourth-order valence-corrected chi connectivity index (χ4v) is 2.16. The van der Waals surface area contributed by atoms with Crippen LogP contribution in [0, 0.1) is 0 Å². The van der Waals surface area contributed by atoms with Crippen LogP contribution in [0.15, 0.2) is 18.2 Å². The van der Waals surface area contributed by atoms with E-state index in [1.54, 1.807) is 20.8 Å². The van der Waals surface area contributed by atoms with E-state index >= 15 is 0 Å². The van der Waals surface area contributed by atoms with Crippen molar-refractivity contribution >= 4 is 18.2 Å². The molecule has 10 heteroatoms. The summed E-state index contributed by atoms with van der Waals surface area (Å²) in [6.45, 7) is 6.07. The summed E-state index contributed by atoms with van der Waals surface area (Å²) < 4.78 is 20.7. The van der Waals surface area contributed by atoms with Gasteiger partial charge in [-0.1, -0.05) is 0 Å². The van der Waals surface area contributed by atoms with Gasteiger partial charge < -0.3 is 34.3 Å². The van der Waals surface area contributed by atoms with Crippen LogP contribution in [0.5, 0.6) is 11.5 Å². The van der Waals surface area contributed by atoms with Crippen LogP contribution in [-0.4, -0.2) is 61.8 Å². The number of hydrogen-bond donors (Lipinski definition) is 2. The number of hydrogen-bond acceptors (Lipinski definition) is 7. The molecule has 2 amide bonds. The van der Waals surface area contributed by atoms with E-state index in [0.29, 0.717) is 0 Å². The van der Waals surface area contributed by atoms with Crippen molar-refractivity contribution in [2.24, 2.45) is 0 Å². The van der Waals surface area contributed by atoms with E-state index in [-0.39, 0.29) is 23.9 Å². The van der Waals surface area contributed by atoms with Gasteiger partial charge in [0.2, 0.25) is 0 Å². The van der Waals surface area contributed by atoms with Crippen molar-refractivity contribution in [2.45, 2.75) is 38.8 Å². The number of carbonyl (C=O) groups is 3. The second kappa shape index (κ2) is 9.46. The molecule has 0 saturated heterocycles. The molecule has 1 aromatic rings. The molecule has 0 heterocycles. The number of benzene rings is 1. The van der Waals surface area contributed by atoms with Gasteiger partial charge in [-0.2, -0.15) is 0 Å². The third-order valence-corrected chi connectivity index (χ3v) is 3.57. The quantitative estimate of drug-likeness (QED) is 0.655. The molecule has 1 atom stereocenters. The molecule has 2 N–H and O–H groups in total. The number of carbonyl (C=O) groups excluding carboxylic acids is 2. The SMILES string of the molecule is COCOc1cc(OC(=O)N(C)C)ccc1C(C)(NC(=O)OC(C)(C)C)C(=O)O. The van der Waals surface area contributed by atoms with Crippen LogP contribution in [0.25, 0.3) is 0 Å². The highest BCUT2D eigenvalue weighted by Gasteiger charge is 2.41. The highest BCUT2D eigenvalue weighted by molar-refractivity contribution is 5.86. The van der Waals surface area contributed by atoms with Gasteiger partial charge in [0.25, 0.3) is 0 Å². The summed E-state index contributed by atoms with van der Waals surface area (Å²) in [4.78, 5) is 37.3. The Bertz CT molecular complexity index is 757. The van der Waals surface area contributed by atoms with Gasteiger partial charge in [-0.25, -0.2) is 14.4 Å². The fraction of sp³-hybridized carbons (Fsp3) is 0.526. The molecule has 0 aliphatic carbocycles. The molecule has 0 saturated carbocycles. The summed E-state index contributed by atoms with van der Waals surface area (Å²) in [7, 11) is 4.43. The Morgan fingerprint density at radius 3 is 2.24 bits per heavy atom. The molecule has 1 aromatic carbocycles. The predicted molar refractivity (Wildman–Crippen MR) is 103 cm³/mol. The molecule has 0 aliphatic heterocycles. The number of alkyl carbamates (subject to hydrolysis) is 1. The van der Waals surface area contributed by atoms with Gasteiger partial charge in [0.05, 0.1) is 0 Å². The first-order chi connectivity index (χ1) is 13.3. The highest BCUT2D eigenvalue weighted by atomic mass is 16.7. The summed E-state index contributed by atoms with van der Waals surface area (Å²) in [5, 5.41) is 12.2. The lowest BCUT2D eigenvalue weighted by molar-refractivity contribution is -0.144. The number of methoxy groups -OCH3 is 1. The molecular weight excluding hydrogens is 384 g/mol. The molecule has 0 radical (unpaired) electrons. The Kier molecular flexibility index (Phi) is 7.84. The number of amides is 2. The summed E-state index contributed by atoms with van der Waals surface area (Å²) in [5.74, 6) is -1.16. The first-order valence-corrected chi connectivity index (χ1v) is 8.70. The topological polar surface area (TPSA) is 124 Å². The van der Waals surface area contributed by atoms with Crippen LogP contribution in [0.2, 0.25) is 0 Å². The average molecular weight is 412 g/mol. The monoisotopic (exact) mass is 412 g/mol. The smallest absolute Gasteiger partial charge is 0.414 e. The van der Waals surface area contributed by atoms with Gasteiger partial charge in [-0.3, -0.25) is 0 Å². The van der Waals surface area contributed by atoms with Crippen LogP contribution in [0.4, 0.5) is 9.59 Å². The van der Waals surface area contributed by atoms with Gasteiger partial charge in [0.1, 0.15) is 17.1 Å². The molecule has 0 spiro atoms. The third kappa shape index (κ3) is 6.83. The minimum Gasteiger partial charge on any atom is -0.479 e. The van der Waals surface area contributed by atoms with E-state index in [4.69, 9.17) is 18.9 Å². The largest absolute Gasteiger partial charge is 0.479 e. The Labute approximate surface area is 169 Å². The number of carboxylic acid groups (broad SMARTS) is 1. The van der Waals surface area contributed by atoms with Crippen molar-refractivity contribution in [3.05, 3.63) is 23.8 Å². The average Bonchev–Trinajstić information content (AvgIpc) is 2.57. The third-order valence-electron chi connectivity index (χ3n) is 3.57. The standard InChI is InChI=1S/C19H28N2O8/c1-18(2,3)29-16(24)20-19(4,15(22)23)13-9-8-12(28-17(25)21(5)6)10-14(13)27-11-26-7/h8-10H,11H2,1-7H3,(H,20,24)(H,22,23). The number of rotatable bonds is 7. The summed E-state index contributed by atoms with van der Waals surface area (Å²) in [6, 6.07) is 4.12. The maximum absolute atomic E-state index is 12.2. The molecule has 0 bridgehead atoms. The maximum atomic E-state index is 12.2. The Morgan fingerprint density at radius 1 is 1.14 bits per heavy atom. The Balaban J connectivity index is 3.34. The van der Waals surface area contributed by atoms with Crippen molar-refractivity contribution < 1.29 is 38.4 Å². The lowest BCUT2D eigenvalue weighted by Crippen LogP contribution is -2.51. The summed E-state index contributed by atoms with van der Waals surface area (Å²) in [5.41, 5.74) is -2.60. The van der Waals surface area contributed by atoms with Crippen molar-refractivity contribution in [3.8, 4) is 11.5 Å². The Morgan fingerprint density at radius 2 is 1.76 bits per heavy atom. The number of ether oxygens (including phenoxy) is 4. The molecule has 10 nitrogen and oxygen atoms in total. The van der Waals surface area contributed by atoms with E-state index in [9.17, 15) is 19.5 Å². The Hall–Kier alpha value is -3.01. The highest BCUT2D eigenvalue weighted by Crippen LogP contribution is 2.34. The minimum absolute atomic E-state index is 0.0527. The predicted octanol–water partition coefficient (Wildman–Crippen LogP) is 2.55. The van der Waals surface area contributed by atoms with Crippen molar-refractivity contribution in [2.75, 3.05) is 28.0 Å². The van der Waals surface area contributed by atoms with Gasteiger partial charge >= 0.3 is 18.2 Å². The van der Waals surface area contributed by atoms with Gasteiger partial charge in [0, 0.05) is 32.8 Å². The maximum Gasteiger partial charge on any atom is 0.414 e. The zero-order valence-corrected chi connectivity index (χ0v) is 17.7. The van der Waals surface area contributed by atoms with Crippen LogP contribution < -0.4 is 14.8 Å². The lowest BCUT2D eigenvalue weighted by atomic mass is 9.91. The number of nitrogens with one attached hydrogen (secondary N) is 1. The molecule has 1 unspecified atom stereocenters. The summed E-state index contributed by atoms with van der Waals surface area (Å²) in [6.07, 6.45) is -1.54. The second-order valence-corrected chi connectivity index (χ2v) is 7.53. The molecule has 0 fully saturated rings. The van der Waals surface area contributed by atoms with Crippen molar-refractivity contribution in [1.29, 1.82) is 0 Å². The first kappa shape index (κ1) is 24.0. The van der Waals surface area contributed by atoms with E-state index in [2.05, 4.69) is 5.32 Å². The van der Waals surface area contributed by atoms with E-state index in [1.165, 1.54) is 51.2 Å². The first-order valence-electron chi connectivity index (χ1n) is 8.70. The molecule has 0 aliphatic rings. The van der Waals surface area contributed by atoms with Crippen LogP contribution in [0.1, 0.15) is 33.3 Å². The van der Waals surface area contributed by atoms with Gasteiger partial charge in [-0.15, -0.1) is 0 Å². The van der Waals surface area contributed by atoms with Crippen LogP contribution in [-0.2, 0) is 19.8 Å².